The van der Waals surface area contributed by atoms with Crippen LogP contribution in [0.15, 0.2) is 24.3 Å². The summed E-state index contributed by atoms with van der Waals surface area (Å²) in [5, 5.41) is 6.65. The molecule has 2 rings (SSSR count). The smallest absolute Gasteiger partial charge is 0.238 e. The molecule has 1 fully saturated rings. The topological polar surface area (TPSA) is 50.4 Å². The van der Waals surface area contributed by atoms with Crippen LogP contribution >= 0.6 is 11.6 Å². The van der Waals surface area contributed by atoms with Crippen molar-refractivity contribution >= 4 is 23.2 Å². The van der Waals surface area contributed by atoms with Crippen molar-refractivity contribution in [3.05, 3.63) is 29.3 Å². The Kier molecular flexibility index (Phi) is 5.83. The number of benzene rings is 1. The molecule has 0 bridgehead atoms. The van der Waals surface area contributed by atoms with E-state index >= 15 is 0 Å². The second-order valence-corrected chi connectivity index (χ2v) is 5.55. The Balaban J connectivity index is 1.76. The van der Waals surface area contributed by atoms with E-state index in [1.54, 1.807) is 12.1 Å². The van der Waals surface area contributed by atoms with Crippen LogP contribution in [0.5, 0.6) is 0 Å². The maximum absolute atomic E-state index is 11.9. The maximum atomic E-state index is 11.9. The van der Waals surface area contributed by atoms with Gasteiger partial charge in [0.2, 0.25) is 5.91 Å². The molecule has 1 atom stereocenters. The number of hydrogen-bond acceptors (Lipinski definition) is 3. The number of rotatable bonds is 5. The van der Waals surface area contributed by atoms with Gasteiger partial charge >= 0.3 is 0 Å². The highest BCUT2D eigenvalue weighted by Crippen LogP contribution is 2.20. The van der Waals surface area contributed by atoms with Gasteiger partial charge in [-0.25, -0.2) is 0 Å². The average molecular weight is 297 g/mol. The standard InChI is InChI=1S/C15H21ClN2O2/c1-11(12-6-8-20-9-7-12)17-10-15(19)18-14-5-3-2-4-13(14)16/h2-5,11-12,17H,6-10H2,1H3,(H,18,19). The van der Waals surface area contributed by atoms with Crippen LogP contribution in [0, 0.1) is 5.92 Å². The van der Waals surface area contributed by atoms with Crippen LogP contribution in [-0.4, -0.2) is 31.7 Å². The highest BCUT2D eigenvalue weighted by atomic mass is 35.5. The zero-order chi connectivity index (χ0) is 14.4. The zero-order valence-electron chi connectivity index (χ0n) is 11.7. The zero-order valence-corrected chi connectivity index (χ0v) is 12.5. The van der Waals surface area contributed by atoms with Gasteiger partial charge < -0.3 is 15.4 Å². The predicted molar refractivity (Wildman–Crippen MR) is 81.1 cm³/mol. The summed E-state index contributed by atoms with van der Waals surface area (Å²) in [7, 11) is 0. The van der Waals surface area contributed by atoms with Crippen molar-refractivity contribution in [1.29, 1.82) is 0 Å². The normalized spacial score (nSPS) is 17.7. The number of halogens is 1. The number of carbonyl (C=O) groups excluding carboxylic acids is 1. The summed E-state index contributed by atoms with van der Waals surface area (Å²) in [5.74, 6) is 0.508. The van der Waals surface area contributed by atoms with Gasteiger partial charge in [-0.3, -0.25) is 4.79 Å². The van der Waals surface area contributed by atoms with E-state index in [9.17, 15) is 4.79 Å². The molecule has 20 heavy (non-hydrogen) atoms. The first-order valence-corrected chi connectivity index (χ1v) is 7.40. The van der Waals surface area contributed by atoms with Crippen molar-refractivity contribution in [2.24, 2.45) is 5.92 Å². The molecule has 0 radical (unpaired) electrons. The van der Waals surface area contributed by atoms with Crippen LogP contribution in [0.2, 0.25) is 5.02 Å². The highest BCUT2D eigenvalue weighted by Gasteiger charge is 2.20. The SMILES string of the molecule is CC(NCC(=O)Nc1ccccc1Cl)C1CCOCC1. The Morgan fingerprint density at radius 2 is 2.10 bits per heavy atom. The monoisotopic (exact) mass is 296 g/mol. The lowest BCUT2D eigenvalue weighted by Crippen LogP contribution is -2.40. The number of hydrogen-bond donors (Lipinski definition) is 2. The van der Waals surface area contributed by atoms with Gasteiger partial charge in [0, 0.05) is 19.3 Å². The molecule has 110 valence electrons. The number of ether oxygens (including phenoxy) is 1. The quantitative estimate of drug-likeness (QED) is 0.878. The summed E-state index contributed by atoms with van der Waals surface area (Å²) in [6.45, 7) is 4.06. The van der Waals surface area contributed by atoms with Crippen LogP contribution in [0.4, 0.5) is 5.69 Å². The molecule has 4 nitrogen and oxygen atoms in total. The molecular formula is C15H21ClN2O2. The minimum absolute atomic E-state index is 0.0722. The van der Waals surface area contributed by atoms with Gasteiger partial charge in [0.25, 0.3) is 0 Å². The van der Waals surface area contributed by atoms with Crippen LogP contribution in [0.1, 0.15) is 19.8 Å². The van der Waals surface area contributed by atoms with Gasteiger partial charge in [0.15, 0.2) is 0 Å². The van der Waals surface area contributed by atoms with Gasteiger partial charge in [-0.15, -0.1) is 0 Å². The van der Waals surface area contributed by atoms with E-state index in [1.807, 2.05) is 12.1 Å². The molecule has 1 heterocycles. The first-order chi connectivity index (χ1) is 9.66. The fourth-order valence-electron chi connectivity index (χ4n) is 2.39. The number of carbonyl (C=O) groups is 1. The van der Waals surface area contributed by atoms with Gasteiger partial charge in [0.05, 0.1) is 17.3 Å². The lowest BCUT2D eigenvalue weighted by atomic mass is 9.93. The van der Waals surface area contributed by atoms with Crippen LogP contribution in [0.3, 0.4) is 0 Å². The average Bonchev–Trinajstić information content (AvgIpc) is 2.48. The summed E-state index contributed by atoms with van der Waals surface area (Å²) >= 11 is 6.00. The number of anilines is 1. The molecule has 2 N–H and O–H groups in total. The largest absolute Gasteiger partial charge is 0.381 e. The Morgan fingerprint density at radius 1 is 1.40 bits per heavy atom. The molecule has 0 aromatic heterocycles. The Labute approximate surface area is 124 Å². The van der Waals surface area contributed by atoms with E-state index in [-0.39, 0.29) is 5.91 Å². The summed E-state index contributed by atoms with van der Waals surface area (Å²) in [6, 6.07) is 7.55. The van der Waals surface area contributed by atoms with E-state index in [2.05, 4.69) is 17.6 Å². The second kappa shape index (κ2) is 7.62. The summed E-state index contributed by atoms with van der Waals surface area (Å²) in [6.07, 6.45) is 2.11. The van der Waals surface area contributed by atoms with E-state index in [4.69, 9.17) is 16.3 Å². The van der Waals surface area contributed by atoms with Crippen molar-refractivity contribution in [1.82, 2.24) is 5.32 Å². The van der Waals surface area contributed by atoms with Gasteiger partial charge in [-0.05, 0) is 37.8 Å². The van der Waals surface area contributed by atoms with E-state index in [1.165, 1.54) is 0 Å². The molecule has 1 aliphatic rings. The van der Waals surface area contributed by atoms with Crippen molar-refractivity contribution in [3.8, 4) is 0 Å². The summed E-state index contributed by atoms with van der Waals surface area (Å²) < 4.78 is 5.35. The second-order valence-electron chi connectivity index (χ2n) is 5.15. The van der Waals surface area contributed by atoms with Crippen molar-refractivity contribution in [3.63, 3.8) is 0 Å². The molecule has 5 heteroatoms. The molecule has 1 aromatic carbocycles. The fourth-order valence-corrected chi connectivity index (χ4v) is 2.58. The predicted octanol–water partition coefficient (Wildman–Crippen LogP) is 2.68. The van der Waals surface area contributed by atoms with Crippen molar-refractivity contribution in [2.75, 3.05) is 25.1 Å². The Bertz CT molecular complexity index is 447. The lowest BCUT2D eigenvalue weighted by Gasteiger charge is -2.28. The van der Waals surface area contributed by atoms with E-state index in [0.29, 0.717) is 29.2 Å². The fraction of sp³-hybridized carbons (Fsp3) is 0.533. The molecule has 1 aromatic rings. The molecule has 1 aliphatic heterocycles. The molecular weight excluding hydrogens is 276 g/mol. The number of para-hydroxylation sites is 1. The van der Waals surface area contributed by atoms with Crippen LogP contribution in [0.25, 0.3) is 0 Å². The lowest BCUT2D eigenvalue weighted by molar-refractivity contribution is -0.115. The molecule has 0 aliphatic carbocycles. The molecule has 0 spiro atoms. The van der Waals surface area contributed by atoms with Crippen molar-refractivity contribution < 1.29 is 9.53 Å². The molecule has 0 saturated carbocycles. The molecule has 1 saturated heterocycles. The van der Waals surface area contributed by atoms with Gasteiger partial charge in [-0.2, -0.15) is 0 Å². The van der Waals surface area contributed by atoms with Crippen LogP contribution in [-0.2, 0) is 9.53 Å². The minimum atomic E-state index is -0.0722. The summed E-state index contributed by atoms with van der Waals surface area (Å²) in [5.41, 5.74) is 0.652. The summed E-state index contributed by atoms with van der Waals surface area (Å²) in [4.78, 5) is 11.9. The first-order valence-electron chi connectivity index (χ1n) is 7.02. The Hall–Kier alpha value is -1.10. The number of nitrogens with one attached hydrogen (secondary N) is 2. The van der Waals surface area contributed by atoms with Crippen molar-refractivity contribution in [2.45, 2.75) is 25.8 Å². The van der Waals surface area contributed by atoms with Gasteiger partial charge in [-0.1, -0.05) is 23.7 Å². The minimum Gasteiger partial charge on any atom is -0.381 e. The van der Waals surface area contributed by atoms with E-state index in [0.717, 1.165) is 26.1 Å². The van der Waals surface area contributed by atoms with Crippen LogP contribution < -0.4 is 10.6 Å². The first kappa shape index (κ1) is 15.3. The molecule has 1 unspecified atom stereocenters. The van der Waals surface area contributed by atoms with Gasteiger partial charge in [0.1, 0.15) is 0 Å². The Morgan fingerprint density at radius 3 is 2.80 bits per heavy atom. The highest BCUT2D eigenvalue weighted by molar-refractivity contribution is 6.33. The number of amides is 1. The molecule has 1 amide bonds. The third kappa shape index (κ3) is 4.47. The third-order valence-electron chi connectivity index (χ3n) is 3.71. The third-order valence-corrected chi connectivity index (χ3v) is 4.04. The maximum Gasteiger partial charge on any atom is 0.238 e. The van der Waals surface area contributed by atoms with E-state index < -0.39 is 0 Å².